The maximum Gasteiger partial charge on any atom is 0.290 e. The van der Waals surface area contributed by atoms with Crippen molar-refractivity contribution < 1.29 is 19.4 Å². The third kappa shape index (κ3) is 4.44. The summed E-state index contributed by atoms with van der Waals surface area (Å²) in [5, 5.41) is 11.8. The molecule has 8 heteroatoms. The average molecular weight is 314 g/mol. The van der Waals surface area contributed by atoms with Crippen molar-refractivity contribution >= 4 is 18.1 Å². The van der Waals surface area contributed by atoms with Crippen LogP contribution in [0.1, 0.15) is 5.82 Å². The lowest BCUT2D eigenvalue weighted by molar-refractivity contribution is -0.122. The Morgan fingerprint density at radius 3 is 2.67 bits per heavy atom. The predicted molar refractivity (Wildman–Crippen MR) is 77.4 cm³/mol. The van der Waals surface area contributed by atoms with E-state index in [2.05, 4.69) is 10.1 Å². The van der Waals surface area contributed by atoms with Crippen LogP contribution >= 0.6 is 11.6 Å². The second kappa shape index (κ2) is 8.23. The number of hydrogen-bond donors (Lipinski definition) is 1. The van der Waals surface area contributed by atoms with Gasteiger partial charge in [-0.25, -0.2) is 4.98 Å². The van der Waals surface area contributed by atoms with Crippen molar-refractivity contribution in [3.63, 3.8) is 0 Å². The quantitative estimate of drug-likeness (QED) is 0.869. The van der Waals surface area contributed by atoms with Crippen molar-refractivity contribution in [1.82, 2.24) is 14.8 Å². The molecular formula is C13H16ClN3O4. The second-order valence-electron chi connectivity index (χ2n) is 3.86. The molecule has 0 unspecified atom stereocenters. The number of nitrogens with zero attached hydrogens (tertiary/aromatic N) is 3. The van der Waals surface area contributed by atoms with Gasteiger partial charge in [-0.15, -0.1) is 0 Å². The zero-order valence-electron chi connectivity index (χ0n) is 11.9. The summed E-state index contributed by atoms with van der Waals surface area (Å²) < 4.78 is 11.9. The molecular weight excluding hydrogens is 298 g/mol. The van der Waals surface area contributed by atoms with Crippen LogP contribution in [0.25, 0.3) is 11.4 Å². The molecule has 0 bridgehead atoms. The first-order chi connectivity index (χ1) is 10.1. The summed E-state index contributed by atoms with van der Waals surface area (Å²) in [4.78, 5) is 12.8. The number of rotatable bonds is 4. The standard InChI is InChI=1S/C12H14ClN3O2.CH2O2/c1-16-11(7-17-2)14-12(15-16)8-4-5-9(13)10(6-8)18-3;2-1-3/h4-6H,7H2,1-3H3;1H,(H,2,3). The lowest BCUT2D eigenvalue weighted by Gasteiger charge is -2.03. The molecule has 0 aliphatic heterocycles. The molecule has 0 saturated carbocycles. The van der Waals surface area contributed by atoms with Crippen LogP contribution in [0.4, 0.5) is 0 Å². The van der Waals surface area contributed by atoms with Gasteiger partial charge in [0.1, 0.15) is 12.4 Å². The Labute approximate surface area is 127 Å². The van der Waals surface area contributed by atoms with Crippen molar-refractivity contribution in [3.8, 4) is 17.1 Å². The van der Waals surface area contributed by atoms with Gasteiger partial charge in [-0.1, -0.05) is 11.6 Å². The average Bonchev–Trinajstić information content (AvgIpc) is 2.82. The van der Waals surface area contributed by atoms with Gasteiger partial charge in [0.15, 0.2) is 11.6 Å². The normalized spacial score (nSPS) is 9.71. The lowest BCUT2D eigenvalue weighted by atomic mass is 10.2. The van der Waals surface area contributed by atoms with Crippen molar-refractivity contribution in [1.29, 1.82) is 0 Å². The molecule has 0 fully saturated rings. The Kier molecular flexibility index (Phi) is 6.64. The zero-order chi connectivity index (χ0) is 15.8. The van der Waals surface area contributed by atoms with Gasteiger partial charge in [0.05, 0.1) is 12.1 Å². The minimum absolute atomic E-state index is 0.250. The first kappa shape index (κ1) is 16.9. The van der Waals surface area contributed by atoms with Gasteiger partial charge in [0.2, 0.25) is 0 Å². The van der Waals surface area contributed by atoms with Crippen LogP contribution in [-0.2, 0) is 23.2 Å². The molecule has 0 radical (unpaired) electrons. The highest BCUT2D eigenvalue weighted by atomic mass is 35.5. The minimum atomic E-state index is -0.250. The van der Waals surface area contributed by atoms with Gasteiger partial charge < -0.3 is 14.6 Å². The molecule has 1 aromatic heterocycles. The number of aromatic nitrogens is 3. The van der Waals surface area contributed by atoms with Crippen LogP contribution in [0.15, 0.2) is 18.2 Å². The van der Waals surface area contributed by atoms with Gasteiger partial charge in [0.25, 0.3) is 6.47 Å². The van der Waals surface area contributed by atoms with E-state index < -0.39 is 0 Å². The molecule has 1 N–H and O–H groups in total. The number of carboxylic acid groups (broad SMARTS) is 1. The van der Waals surface area contributed by atoms with Crippen LogP contribution in [0.3, 0.4) is 0 Å². The molecule has 7 nitrogen and oxygen atoms in total. The molecule has 0 spiro atoms. The number of benzene rings is 1. The van der Waals surface area contributed by atoms with Gasteiger partial charge in [-0.05, 0) is 18.2 Å². The number of aryl methyl sites for hydroxylation is 1. The second-order valence-corrected chi connectivity index (χ2v) is 4.27. The van der Waals surface area contributed by atoms with Crippen molar-refractivity contribution in [2.24, 2.45) is 7.05 Å². The number of carbonyl (C=O) groups is 1. The van der Waals surface area contributed by atoms with E-state index in [1.807, 2.05) is 19.2 Å². The molecule has 0 amide bonds. The molecule has 0 saturated heterocycles. The topological polar surface area (TPSA) is 86.5 Å². The molecule has 0 atom stereocenters. The van der Waals surface area contributed by atoms with Crippen LogP contribution < -0.4 is 4.74 Å². The third-order valence-corrected chi connectivity index (χ3v) is 2.85. The number of hydrogen-bond acceptors (Lipinski definition) is 5. The molecule has 2 aromatic rings. The monoisotopic (exact) mass is 313 g/mol. The highest BCUT2D eigenvalue weighted by molar-refractivity contribution is 6.32. The SMILES string of the molecule is COCc1nc(-c2ccc(Cl)c(OC)c2)nn1C.O=CO. The van der Waals surface area contributed by atoms with Crippen molar-refractivity contribution in [3.05, 3.63) is 29.0 Å². The molecule has 21 heavy (non-hydrogen) atoms. The summed E-state index contributed by atoms with van der Waals surface area (Å²) in [5.74, 6) is 2.00. The fourth-order valence-electron chi connectivity index (χ4n) is 1.59. The van der Waals surface area contributed by atoms with E-state index in [9.17, 15) is 0 Å². The van der Waals surface area contributed by atoms with E-state index in [1.54, 1.807) is 25.0 Å². The van der Waals surface area contributed by atoms with Gasteiger partial charge in [-0.2, -0.15) is 5.10 Å². The van der Waals surface area contributed by atoms with E-state index in [0.29, 0.717) is 23.2 Å². The number of halogens is 1. The minimum Gasteiger partial charge on any atom is -0.495 e. The van der Waals surface area contributed by atoms with Crippen LogP contribution in [0.2, 0.25) is 5.02 Å². The van der Waals surface area contributed by atoms with E-state index in [0.717, 1.165) is 11.4 Å². The predicted octanol–water partition coefficient (Wildman–Crippen LogP) is 1.99. The van der Waals surface area contributed by atoms with E-state index in [-0.39, 0.29) is 6.47 Å². The number of methoxy groups -OCH3 is 2. The van der Waals surface area contributed by atoms with Gasteiger partial charge in [-0.3, -0.25) is 9.48 Å². The van der Waals surface area contributed by atoms with Gasteiger partial charge in [0, 0.05) is 19.7 Å². The zero-order valence-corrected chi connectivity index (χ0v) is 12.7. The van der Waals surface area contributed by atoms with Crippen LogP contribution in [0, 0.1) is 0 Å². The molecule has 0 aliphatic carbocycles. The highest BCUT2D eigenvalue weighted by Gasteiger charge is 2.11. The summed E-state index contributed by atoms with van der Waals surface area (Å²) >= 11 is 5.98. The first-order valence-corrected chi connectivity index (χ1v) is 6.25. The summed E-state index contributed by atoms with van der Waals surface area (Å²) in [6.45, 7) is 0.175. The number of ether oxygens (including phenoxy) is 2. The maximum atomic E-state index is 8.36. The smallest absolute Gasteiger partial charge is 0.290 e. The first-order valence-electron chi connectivity index (χ1n) is 5.88. The lowest BCUT2D eigenvalue weighted by Crippen LogP contribution is -2.00. The summed E-state index contributed by atoms with van der Waals surface area (Å²) in [6.07, 6.45) is 0. The Morgan fingerprint density at radius 2 is 2.10 bits per heavy atom. The fraction of sp³-hybridized carbons (Fsp3) is 0.308. The Bertz CT molecular complexity index is 601. The van der Waals surface area contributed by atoms with E-state index in [4.69, 9.17) is 31.0 Å². The summed E-state index contributed by atoms with van der Waals surface area (Å²) in [6, 6.07) is 5.44. The Balaban J connectivity index is 0.000000677. The molecule has 1 heterocycles. The molecule has 2 rings (SSSR count). The molecule has 114 valence electrons. The molecule has 1 aromatic carbocycles. The van der Waals surface area contributed by atoms with Crippen molar-refractivity contribution in [2.45, 2.75) is 6.61 Å². The van der Waals surface area contributed by atoms with Crippen molar-refractivity contribution in [2.75, 3.05) is 14.2 Å². The third-order valence-electron chi connectivity index (χ3n) is 2.54. The summed E-state index contributed by atoms with van der Waals surface area (Å²) in [7, 11) is 5.03. The van der Waals surface area contributed by atoms with Gasteiger partial charge >= 0.3 is 0 Å². The van der Waals surface area contributed by atoms with E-state index in [1.165, 1.54) is 0 Å². The largest absolute Gasteiger partial charge is 0.495 e. The van der Waals surface area contributed by atoms with Crippen LogP contribution in [0.5, 0.6) is 5.75 Å². The highest BCUT2D eigenvalue weighted by Crippen LogP contribution is 2.28. The van der Waals surface area contributed by atoms with E-state index >= 15 is 0 Å². The Morgan fingerprint density at radius 1 is 1.43 bits per heavy atom. The summed E-state index contributed by atoms with van der Waals surface area (Å²) in [5.41, 5.74) is 0.856. The maximum absolute atomic E-state index is 8.36. The molecule has 0 aliphatic rings. The Hall–Kier alpha value is -2.12. The van der Waals surface area contributed by atoms with Crippen LogP contribution in [-0.4, -0.2) is 40.6 Å². The fourth-order valence-corrected chi connectivity index (χ4v) is 1.79.